The molecule has 0 unspecified atom stereocenters. The fourth-order valence-electron chi connectivity index (χ4n) is 1.55. The lowest BCUT2D eigenvalue weighted by molar-refractivity contribution is 0.709. The summed E-state index contributed by atoms with van der Waals surface area (Å²) in [6, 6.07) is 0. The highest BCUT2D eigenvalue weighted by molar-refractivity contribution is 5.26. The Morgan fingerprint density at radius 2 is 2.27 bits per heavy atom. The van der Waals surface area contributed by atoms with Crippen LogP contribution in [0.2, 0.25) is 0 Å². The van der Waals surface area contributed by atoms with E-state index in [1.807, 2.05) is 12.3 Å². The van der Waals surface area contributed by atoms with Crippen molar-refractivity contribution in [2.45, 2.75) is 39.0 Å². The molecule has 0 aromatic carbocycles. The van der Waals surface area contributed by atoms with Gasteiger partial charge in [0, 0.05) is 12.6 Å². The van der Waals surface area contributed by atoms with Gasteiger partial charge in [-0.1, -0.05) is 25.8 Å². The summed E-state index contributed by atoms with van der Waals surface area (Å²) in [4.78, 5) is 8.27. The second-order valence-electron chi connectivity index (χ2n) is 3.65. The van der Waals surface area contributed by atoms with Gasteiger partial charge in [0.2, 0.25) is 5.95 Å². The molecule has 0 spiro atoms. The smallest absolute Gasteiger partial charge is 0.220 e. The number of rotatable bonds is 6. The number of aryl methyl sites for hydroxylation is 1. The first-order valence-electron chi connectivity index (χ1n) is 5.49. The topological polar surface area (TPSA) is 51.8 Å². The number of nitrogens with two attached hydrogens (primary N) is 1. The van der Waals surface area contributed by atoms with Gasteiger partial charge in [0.15, 0.2) is 0 Å². The van der Waals surface area contributed by atoms with Gasteiger partial charge in [-0.25, -0.2) is 9.97 Å². The Morgan fingerprint density at radius 1 is 1.47 bits per heavy atom. The van der Waals surface area contributed by atoms with Crippen LogP contribution in [0.1, 0.15) is 37.4 Å². The van der Waals surface area contributed by atoms with Crippen molar-refractivity contribution in [2.24, 2.45) is 0 Å². The Hall–Kier alpha value is -1.38. The molecule has 1 heterocycles. The quantitative estimate of drug-likeness (QED) is 0.573. The van der Waals surface area contributed by atoms with Gasteiger partial charge >= 0.3 is 0 Å². The summed E-state index contributed by atoms with van der Waals surface area (Å²) in [5.74, 6) is 0.353. The van der Waals surface area contributed by atoms with Gasteiger partial charge in [-0.3, -0.25) is 0 Å². The zero-order valence-electron chi connectivity index (χ0n) is 9.37. The normalized spacial score (nSPS) is 10.2. The third-order valence-electron chi connectivity index (χ3n) is 2.36. The van der Waals surface area contributed by atoms with Crippen molar-refractivity contribution in [2.75, 3.05) is 5.73 Å². The first-order valence-corrected chi connectivity index (χ1v) is 5.49. The number of hydrogen-bond donors (Lipinski definition) is 1. The molecule has 0 saturated heterocycles. The molecule has 1 rings (SSSR count). The number of aromatic nitrogens is 2. The highest BCUT2D eigenvalue weighted by Gasteiger charge is 2.04. The van der Waals surface area contributed by atoms with E-state index in [0.29, 0.717) is 5.95 Å². The zero-order valence-corrected chi connectivity index (χ0v) is 9.37. The molecule has 0 aliphatic rings. The van der Waals surface area contributed by atoms with Crippen molar-refractivity contribution in [1.29, 1.82) is 0 Å². The van der Waals surface area contributed by atoms with Gasteiger partial charge in [-0.05, 0) is 18.4 Å². The predicted molar refractivity (Wildman–Crippen MR) is 63.6 cm³/mol. The molecule has 2 N–H and O–H groups in total. The lowest BCUT2D eigenvalue weighted by atomic mass is 10.1. The van der Waals surface area contributed by atoms with Crippen molar-refractivity contribution in [3.8, 4) is 0 Å². The summed E-state index contributed by atoms with van der Waals surface area (Å²) in [6.07, 6.45) is 9.17. The molecule has 3 nitrogen and oxygen atoms in total. The first kappa shape index (κ1) is 11.7. The molecule has 15 heavy (non-hydrogen) atoms. The summed E-state index contributed by atoms with van der Waals surface area (Å²) < 4.78 is 0. The van der Waals surface area contributed by atoms with Crippen LogP contribution in [-0.2, 0) is 12.8 Å². The number of unbranched alkanes of at least 4 members (excludes halogenated alkanes) is 2. The second kappa shape index (κ2) is 6.17. The molecule has 0 amide bonds. The Kier molecular flexibility index (Phi) is 4.81. The number of allylic oxidation sites excluding steroid dienone is 1. The molecular weight excluding hydrogens is 186 g/mol. The highest BCUT2D eigenvalue weighted by atomic mass is 15.0. The maximum absolute atomic E-state index is 5.56. The summed E-state index contributed by atoms with van der Waals surface area (Å²) in [7, 11) is 0. The minimum Gasteiger partial charge on any atom is -0.368 e. The van der Waals surface area contributed by atoms with Crippen molar-refractivity contribution in [1.82, 2.24) is 9.97 Å². The monoisotopic (exact) mass is 205 g/mol. The van der Waals surface area contributed by atoms with E-state index < -0.39 is 0 Å². The average Bonchev–Trinajstić information content (AvgIpc) is 2.22. The van der Waals surface area contributed by atoms with Gasteiger partial charge in [-0.2, -0.15) is 0 Å². The molecule has 0 radical (unpaired) electrons. The molecule has 1 aromatic heterocycles. The molecular formula is C12H19N3. The number of nitrogen functional groups attached to an aromatic ring is 1. The standard InChI is InChI=1S/C12H19N3/c1-3-5-6-8-10-9-14-12(13)15-11(10)7-4-2/h4,9H,2-3,5-8H2,1H3,(H2,13,14,15). The SMILES string of the molecule is C=CCc1nc(N)ncc1CCCCC. The number of nitrogens with zero attached hydrogens (tertiary/aromatic N) is 2. The van der Waals surface area contributed by atoms with Crippen LogP contribution in [0.25, 0.3) is 0 Å². The van der Waals surface area contributed by atoms with E-state index in [-0.39, 0.29) is 0 Å². The fourth-order valence-corrected chi connectivity index (χ4v) is 1.55. The van der Waals surface area contributed by atoms with Crippen LogP contribution in [0, 0.1) is 0 Å². The second-order valence-corrected chi connectivity index (χ2v) is 3.65. The van der Waals surface area contributed by atoms with E-state index in [9.17, 15) is 0 Å². The lowest BCUT2D eigenvalue weighted by Crippen LogP contribution is -2.03. The largest absolute Gasteiger partial charge is 0.368 e. The Labute approximate surface area is 91.4 Å². The lowest BCUT2D eigenvalue weighted by Gasteiger charge is -2.06. The molecule has 0 fully saturated rings. The van der Waals surface area contributed by atoms with Gasteiger partial charge in [-0.15, -0.1) is 6.58 Å². The van der Waals surface area contributed by atoms with E-state index in [0.717, 1.165) is 18.5 Å². The molecule has 82 valence electrons. The van der Waals surface area contributed by atoms with E-state index in [1.54, 1.807) is 0 Å². The summed E-state index contributed by atoms with van der Waals surface area (Å²) >= 11 is 0. The maximum Gasteiger partial charge on any atom is 0.220 e. The van der Waals surface area contributed by atoms with Crippen LogP contribution in [0.5, 0.6) is 0 Å². The van der Waals surface area contributed by atoms with Crippen molar-refractivity contribution >= 4 is 5.95 Å². The van der Waals surface area contributed by atoms with E-state index in [2.05, 4.69) is 23.5 Å². The van der Waals surface area contributed by atoms with Crippen LogP contribution in [0.3, 0.4) is 0 Å². The van der Waals surface area contributed by atoms with Crippen LogP contribution >= 0.6 is 0 Å². The molecule has 3 heteroatoms. The van der Waals surface area contributed by atoms with E-state index in [4.69, 9.17) is 5.73 Å². The van der Waals surface area contributed by atoms with Crippen molar-refractivity contribution < 1.29 is 0 Å². The third kappa shape index (κ3) is 3.70. The number of hydrogen-bond acceptors (Lipinski definition) is 3. The minimum atomic E-state index is 0.353. The van der Waals surface area contributed by atoms with Crippen molar-refractivity contribution in [3.05, 3.63) is 30.1 Å². The molecule has 1 aromatic rings. The summed E-state index contributed by atoms with van der Waals surface area (Å²) in [5.41, 5.74) is 7.78. The highest BCUT2D eigenvalue weighted by Crippen LogP contribution is 2.12. The van der Waals surface area contributed by atoms with E-state index in [1.165, 1.54) is 24.8 Å². The molecule has 0 aliphatic carbocycles. The first-order chi connectivity index (χ1) is 7.27. The summed E-state index contributed by atoms with van der Waals surface area (Å²) in [5, 5.41) is 0. The Morgan fingerprint density at radius 3 is 2.93 bits per heavy atom. The van der Waals surface area contributed by atoms with Crippen molar-refractivity contribution in [3.63, 3.8) is 0 Å². The van der Waals surface area contributed by atoms with Gasteiger partial charge in [0.1, 0.15) is 0 Å². The zero-order chi connectivity index (χ0) is 11.1. The van der Waals surface area contributed by atoms with Crippen LogP contribution in [0.4, 0.5) is 5.95 Å². The molecule has 0 bridgehead atoms. The summed E-state index contributed by atoms with van der Waals surface area (Å²) in [6.45, 7) is 5.92. The number of anilines is 1. The van der Waals surface area contributed by atoms with E-state index >= 15 is 0 Å². The maximum atomic E-state index is 5.56. The Bertz CT molecular complexity index is 321. The molecule has 0 aliphatic heterocycles. The predicted octanol–water partition coefficient (Wildman–Crippen LogP) is 2.52. The third-order valence-corrected chi connectivity index (χ3v) is 2.36. The van der Waals surface area contributed by atoms with Gasteiger partial charge < -0.3 is 5.73 Å². The van der Waals surface area contributed by atoms with Crippen LogP contribution in [0.15, 0.2) is 18.9 Å². The van der Waals surface area contributed by atoms with Crippen LogP contribution in [-0.4, -0.2) is 9.97 Å². The molecule has 0 atom stereocenters. The fraction of sp³-hybridized carbons (Fsp3) is 0.500. The van der Waals surface area contributed by atoms with Crippen LogP contribution < -0.4 is 5.73 Å². The Balaban J connectivity index is 2.71. The average molecular weight is 205 g/mol. The van der Waals surface area contributed by atoms with Gasteiger partial charge in [0.05, 0.1) is 5.69 Å². The molecule has 0 saturated carbocycles. The minimum absolute atomic E-state index is 0.353. The van der Waals surface area contributed by atoms with Gasteiger partial charge in [0.25, 0.3) is 0 Å².